The summed E-state index contributed by atoms with van der Waals surface area (Å²) in [5, 5.41) is 3.35. The van der Waals surface area contributed by atoms with E-state index < -0.39 is 0 Å². The van der Waals surface area contributed by atoms with E-state index in [1.807, 2.05) is 19.1 Å². The zero-order valence-electron chi connectivity index (χ0n) is 10.9. The van der Waals surface area contributed by atoms with E-state index in [-0.39, 0.29) is 6.10 Å². The molecule has 0 spiro atoms. The van der Waals surface area contributed by atoms with Gasteiger partial charge in [0.15, 0.2) is 0 Å². The Morgan fingerprint density at radius 2 is 2.29 bits per heavy atom. The minimum Gasteiger partial charge on any atom is -0.472 e. The van der Waals surface area contributed by atoms with Gasteiger partial charge in [0.1, 0.15) is 6.10 Å². The summed E-state index contributed by atoms with van der Waals surface area (Å²) in [5.74, 6) is 0.695. The Morgan fingerprint density at radius 3 is 3.00 bits per heavy atom. The molecular weight excluding hydrogens is 216 g/mol. The Kier molecular flexibility index (Phi) is 6.58. The van der Waals surface area contributed by atoms with E-state index in [2.05, 4.69) is 17.2 Å². The second-order valence-corrected chi connectivity index (χ2v) is 4.03. The Labute approximate surface area is 103 Å². The first-order chi connectivity index (χ1) is 8.27. The van der Waals surface area contributed by atoms with Gasteiger partial charge in [-0.05, 0) is 26.0 Å². The molecule has 96 valence electrons. The van der Waals surface area contributed by atoms with Crippen molar-refractivity contribution < 1.29 is 9.47 Å². The lowest BCUT2D eigenvalue weighted by Gasteiger charge is -2.15. The van der Waals surface area contributed by atoms with Gasteiger partial charge in [0.25, 0.3) is 0 Å². The zero-order chi connectivity index (χ0) is 12.5. The third-order valence-electron chi connectivity index (χ3n) is 2.31. The minimum atomic E-state index is 0.0137. The van der Waals surface area contributed by atoms with Crippen LogP contribution >= 0.6 is 0 Å². The SMILES string of the molecule is CCCNCc1cccnc1OC(C)COC. The monoisotopic (exact) mass is 238 g/mol. The smallest absolute Gasteiger partial charge is 0.218 e. The first-order valence-electron chi connectivity index (χ1n) is 6.08. The average Bonchev–Trinajstić information content (AvgIpc) is 2.32. The Hall–Kier alpha value is -1.13. The summed E-state index contributed by atoms with van der Waals surface area (Å²) in [6, 6.07) is 3.96. The van der Waals surface area contributed by atoms with Gasteiger partial charge < -0.3 is 14.8 Å². The predicted octanol–water partition coefficient (Wildman–Crippen LogP) is 1.99. The zero-order valence-corrected chi connectivity index (χ0v) is 10.9. The maximum Gasteiger partial charge on any atom is 0.218 e. The first-order valence-corrected chi connectivity index (χ1v) is 6.08. The molecule has 1 unspecified atom stereocenters. The third kappa shape index (κ3) is 5.15. The van der Waals surface area contributed by atoms with Crippen LogP contribution in [0.1, 0.15) is 25.8 Å². The van der Waals surface area contributed by atoms with Gasteiger partial charge in [-0.15, -0.1) is 0 Å². The highest BCUT2D eigenvalue weighted by atomic mass is 16.5. The minimum absolute atomic E-state index is 0.0137. The quantitative estimate of drug-likeness (QED) is 0.703. The molecule has 1 N–H and O–H groups in total. The van der Waals surface area contributed by atoms with E-state index in [1.54, 1.807) is 13.3 Å². The van der Waals surface area contributed by atoms with Crippen LogP contribution in [0.25, 0.3) is 0 Å². The largest absolute Gasteiger partial charge is 0.472 e. The highest BCUT2D eigenvalue weighted by Gasteiger charge is 2.08. The van der Waals surface area contributed by atoms with Crippen molar-refractivity contribution in [3.63, 3.8) is 0 Å². The lowest BCUT2D eigenvalue weighted by molar-refractivity contribution is 0.0881. The molecule has 0 radical (unpaired) electrons. The number of rotatable bonds is 8. The van der Waals surface area contributed by atoms with Crippen LogP contribution in [0.4, 0.5) is 0 Å². The van der Waals surface area contributed by atoms with Crippen molar-refractivity contribution in [1.82, 2.24) is 10.3 Å². The standard InChI is InChI=1S/C13H22N2O2/c1-4-7-14-9-12-6-5-8-15-13(12)17-11(2)10-16-3/h5-6,8,11,14H,4,7,9-10H2,1-3H3. The highest BCUT2D eigenvalue weighted by Crippen LogP contribution is 2.15. The van der Waals surface area contributed by atoms with Crippen molar-refractivity contribution >= 4 is 0 Å². The number of aromatic nitrogens is 1. The van der Waals surface area contributed by atoms with E-state index in [9.17, 15) is 0 Å². The molecule has 17 heavy (non-hydrogen) atoms. The van der Waals surface area contributed by atoms with Crippen LogP contribution in [-0.4, -0.2) is 31.3 Å². The lowest BCUT2D eigenvalue weighted by atomic mass is 10.2. The fraction of sp³-hybridized carbons (Fsp3) is 0.615. The number of ether oxygens (including phenoxy) is 2. The van der Waals surface area contributed by atoms with E-state index in [0.29, 0.717) is 12.5 Å². The number of nitrogens with zero attached hydrogens (tertiary/aromatic N) is 1. The fourth-order valence-corrected chi connectivity index (χ4v) is 1.52. The number of hydrogen-bond acceptors (Lipinski definition) is 4. The third-order valence-corrected chi connectivity index (χ3v) is 2.31. The van der Waals surface area contributed by atoms with Crippen LogP contribution in [0.5, 0.6) is 5.88 Å². The molecule has 1 heterocycles. The second kappa shape index (κ2) is 8.03. The summed E-state index contributed by atoms with van der Waals surface area (Å²) in [6.07, 6.45) is 2.88. The van der Waals surface area contributed by atoms with Crippen molar-refractivity contribution in [3.05, 3.63) is 23.9 Å². The summed E-state index contributed by atoms with van der Waals surface area (Å²) in [7, 11) is 1.67. The maximum atomic E-state index is 5.74. The van der Waals surface area contributed by atoms with Crippen molar-refractivity contribution in [2.24, 2.45) is 0 Å². The Balaban J connectivity index is 2.57. The molecule has 1 atom stereocenters. The van der Waals surface area contributed by atoms with E-state index in [1.165, 1.54) is 0 Å². The number of nitrogens with one attached hydrogen (secondary N) is 1. The molecule has 0 amide bonds. The van der Waals surface area contributed by atoms with Crippen molar-refractivity contribution in [1.29, 1.82) is 0 Å². The average molecular weight is 238 g/mol. The molecule has 0 aliphatic heterocycles. The highest BCUT2D eigenvalue weighted by molar-refractivity contribution is 5.25. The molecule has 4 nitrogen and oxygen atoms in total. The summed E-state index contributed by atoms with van der Waals surface area (Å²) >= 11 is 0. The summed E-state index contributed by atoms with van der Waals surface area (Å²) in [6.45, 7) is 6.48. The summed E-state index contributed by atoms with van der Waals surface area (Å²) in [5.41, 5.74) is 1.09. The van der Waals surface area contributed by atoms with Crippen LogP contribution in [0.15, 0.2) is 18.3 Å². The van der Waals surface area contributed by atoms with Gasteiger partial charge >= 0.3 is 0 Å². The van der Waals surface area contributed by atoms with Crippen molar-refractivity contribution in [3.8, 4) is 5.88 Å². The predicted molar refractivity (Wildman–Crippen MR) is 68.2 cm³/mol. The molecule has 0 saturated heterocycles. The van der Waals surface area contributed by atoms with E-state index in [4.69, 9.17) is 9.47 Å². The molecule has 4 heteroatoms. The van der Waals surface area contributed by atoms with Crippen molar-refractivity contribution in [2.45, 2.75) is 32.9 Å². The Morgan fingerprint density at radius 1 is 1.47 bits per heavy atom. The van der Waals surface area contributed by atoms with Gasteiger partial charge in [-0.3, -0.25) is 0 Å². The normalized spacial score (nSPS) is 12.4. The first kappa shape index (κ1) is 13.9. The fourth-order valence-electron chi connectivity index (χ4n) is 1.52. The Bertz CT molecular complexity index is 318. The van der Waals surface area contributed by atoms with Gasteiger partial charge in [0.05, 0.1) is 6.61 Å². The van der Waals surface area contributed by atoms with E-state index >= 15 is 0 Å². The van der Waals surface area contributed by atoms with Crippen LogP contribution < -0.4 is 10.1 Å². The van der Waals surface area contributed by atoms with Crippen LogP contribution in [0.3, 0.4) is 0 Å². The molecule has 0 aliphatic rings. The van der Waals surface area contributed by atoms with Crippen LogP contribution in [0.2, 0.25) is 0 Å². The number of hydrogen-bond donors (Lipinski definition) is 1. The number of pyridine rings is 1. The van der Waals surface area contributed by atoms with E-state index in [0.717, 1.165) is 25.1 Å². The summed E-state index contributed by atoms with van der Waals surface area (Å²) < 4.78 is 10.8. The molecular formula is C13H22N2O2. The van der Waals surface area contributed by atoms with Gasteiger partial charge in [-0.25, -0.2) is 4.98 Å². The second-order valence-electron chi connectivity index (χ2n) is 4.03. The van der Waals surface area contributed by atoms with Gasteiger partial charge in [0, 0.05) is 25.4 Å². The molecule has 0 bridgehead atoms. The molecule has 0 aliphatic carbocycles. The van der Waals surface area contributed by atoms with Gasteiger partial charge in [-0.2, -0.15) is 0 Å². The van der Waals surface area contributed by atoms with Crippen molar-refractivity contribution in [2.75, 3.05) is 20.3 Å². The molecule has 0 aromatic carbocycles. The van der Waals surface area contributed by atoms with Gasteiger partial charge in [0.2, 0.25) is 5.88 Å². The maximum absolute atomic E-state index is 5.74. The molecule has 1 aromatic rings. The number of methoxy groups -OCH3 is 1. The van der Waals surface area contributed by atoms with Crippen LogP contribution in [0, 0.1) is 0 Å². The topological polar surface area (TPSA) is 43.4 Å². The van der Waals surface area contributed by atoms with Gasteiger partial charge in [-0.1, -0.05) is 13.0 Å². The molecule has 1 aromatic heterocycles. The summed E-state index contributed by atoms with van der Waals surface area (Å²) in [4.78, 5) is 4.26. The molecule has 1 rings (SSSR count). The molecule has 0 saturated carbocycles. The van der Waals surface area contributed by atoms with Crippen LogP contribution in [-0.2, 0) is 11.3 Å². The lowest BCUT2D eigenvalue weighted by Crippen LogP contribution is -2.21. The molecule has 0 fully saturated rings.